The summed E-state index contributed by atoms with van der Waals surface area (Å²) in [6, 6.07) is 0.365. The average Bonchev–Trinajstić information content (AvgIpc) is 2.89. The number of hydrogen-bond donors (Lipinski definition) is 2. The highest BCUT2D eigenvalue weighted by molar-refractivity contribution is 5.93. The smallest absolute Gasteiger partial charge is 0.273 e. The fraction of sp³-hybridized carbons (Fsp3) is 0.812. The molecule has 0 unspecified atom stereocenters. The number of piperidine rings is 1. The van der Waals surface area contributed by atoms with E-state index in [1.807, 2.05) is 11.6 Å². The fourth-order valence-electron chi connectivity index (χ4n) is 3.63. The summed E-state index contributed by atoms with van der Waals surface area (Å²) in [7, 11) is 0. The second-order valence-corrected chi connectivity index (χ2v) is 6.84. The molecule has 2 N–H and O–H groups in total. The van der Waals surface area contributed by atoms with Gasteiger partial charge in [0.25, 0.3) is 5.91 Å². The van der Waals surface area contributed by atoms with Gasteiger partial charge < -0.3 is 10.6 Å². The van der Waals surface area contributed by atoms with Crippen molar-refractivity contribution in [2.24, 2.45) is 5.41 Å². The van der Waals surface area contributed by atoms with E-state index >= 15 is 0 Å². The lowest BCUT2D eigenvalue weighted by atomic mass is 9.67. The zero-order valence-corrected chi connectivity index (χ0v) is 14.9. The molecule has 1 amide bonds. The van der Waals surface area contributed by atoms with Crippen molar-refractivity contribution in [3.05, 3.63) is 11.4 Å². The molecule has 1 saturated heterocycles. The third kappa shape index (κ3) is 3.69. The molecule has 3 rings (SSSR count). The van der Waals surface area contributed by atoms with Crippen LogP contribution >= 0.6 is 12.4 Å². The Morgan fingerprint density at radius 2 is 2.09 bits per heavy atom. The molecular formula is C16H28ClN5O. The van der Waals surface area contributed by atoms with Crippen molar-refractivity contribution < 1.29 is 4.79 Å². The number of carbonyl (C=O) groups excluding carboxylic acids is 1. The second kappa shape index (κ2) is 7.62. The Morgan fingerprint density at radius 3 is 2.65 bits per heavy atom. The number of nitrogens with zero attached hydrogens (tertiary/aromatic N) is 3. The summed E-state index contributed by atoms with van der Waals surface area (Å²) < 4.78 is 1.94. The van der Waals surface area contributed by atoms with E-state index in [-0.39, 0.29) is 18.3 Å². The van der Waals surface area contributed by atoms with Crippen molar-refractivity contribution in [2.45, 2.75) is 58.4 Å². The zero-order valence-electron chi connectivity index (χ0n) is 14.1. The van der Waals surface area contributed by atoms with Gasteiger partial charge in [-0.25, -0.2) is 4.68 Å². The largest absolute Gasteiger partial charge is 0.350 e. The van der Waals surface area contributed by atoms with E-state index in [1.54, 1.807) is 0 Å². The van der Waals surface area contributed by atoms with Crippen molar-refractivity contribution in [1.82, 2.24) is 25.6 Å². The Bertz CT molecular complexity index is 529. The summed E-state index contributed by atoms with van der Waals surface area (Å²) in [5.74, 6) is -0.0718. The van der Waals surface area contributed by atoms with Crippen LogP contribution < -0.4 is 10.6 Å². The Hall–Kier alpha value is -1.14. The molecule has 23 heavy (non-hydrogen) atoms. The highest BCUT2D eigenvalue weighted by Crippen LogP contribution is 2.43. The standard InChI is InChI=1S/C16H27N5O.ClH/c1-3-16(7-4-8-16)11-18-15(22)14-12(2)21(20-19-14)13-5-9-17-10-6-13;/h13,17H,3-11H2,1-2H3,(H,18,22);1H. The fourth-order valence-corrected chi connectivity index (χ4v) is 3.63. The van der Waals surface area contributed by atoms with Crippen LogP contribution in [0.2, 0.25) is 0 Å². The summed E-state index contributed by atoms with van der Waals surface area (Å²) in [6.45, 7) is 6.94. The van der Waals surface area contributed by atoms with Crippen LogP contribution in [0.5, 0.6) is 0 Å². The van der Waals surface area contributed by atoms with Gasteiger partial charge in [0.1, 0.15) is 0 Å². The van der Waals surface area contributed by atoms with E-state index < -0.39 is 0 Å². The first-order chi connectivity index (χ1) is 10.7. The molecule has 2 heterocycles. The van der Waals surface area contributed by atoms with Gasteiger partial charge in [0.15, 0.2) is 5.69 Å². The molecule has 1 saturated carbocycles. The maximum Gasteiger partial charge on any atom is 0.273 e. The Morgan fingerprint density at radius 1 is 1.39 bits per heavy atom. The SMILES string of the molecule is CCC1(CNC(=O)c2nnn(C3CCNCC3)c2C)CCC1.Cl. The normalized spacial score (nSPS) is 20.4. The molecule has 1 aliphatic carbocycles. The van der Waals surface area contributed by atoms with Crippen LogP contribution in [0.25, 0.3) is 0 Å². The minimum Gasteiger partial charge on any atom is -0.350 e. The molecule has 6 nitrogen and oxygen atoms in total. The molecule has 1 aromatic heterocycles. The molecule has 1 aliphatic heterocycles. The van der Waals surface area contributed by atoms with E-state index in [1.165, 1.54) is 19.3 Å². The lowest BCUT2D eigenvalue weighted by Crippen LogP contribution is -2.42. The summed E-state index contributed by atoms with van der Waals surface area (Å²) in [6.07, 6.45) is 6.96. The molecule has 0 bridgehead atoms. The van der Waals surface area contributed by atoms with Crippen LogP contribution in [0.1, 0.15) is 67.7 Å². The van der Waals surface area contributed by atoms with Crippen LogP contribution in [0.4, 0.5) is 0 Å². The number of carbonyl (C=O) groups is 1. The summed E-state index contributed by atoms with van der Waals surface area (Å²) in [5, 5.41) is 14.8. The van der Waals surface area contributed by atoms with Gasteiger partial charge in [0.05, 0.1) is 11.7 Å². The van der Waals surface area contributed by atoms with Crippen LogP contribution in [0, 0.1) is 12.3 Å². The Balaban J connectivity index is 0.00000192. The highest BCUT2D eigenvalue weighted by atomic mass is 35.5. The first-order valence-corrected chi connectivity index (χ1v) is 8.56. The minimum atomic E-state index is -0.0718. The molecule has 1 aromatic rings. The monoisotopic (exact) mass is 341 g/mol. The van der Waals surface area contributed by atoms with Gasteiger partial charge in [-0.05, 0) is 57.5 Å². The van der Waals surface area contributed by atoms with E-state index in [4.69, 9.17) is 0 Å². The number of halogens is 1. The van der Waals surface area contributed by atoms with Crippen molar-refractivity contribution >= 4 is 18.3 Å². The highest BCUT2D eigenvalue weighted by Gasteiger charge is 2.35. The number of aromatic nitrogens is 3. The maximum atomic E-state index is 12.4. The predicted octanol–water partition coefficient (Wildman–Crippen LogP) is 2.24. The van der Waals surface area contributed by atoms with E-state index in [0.29, 0.717) is 17.2 Å². The van der Waals surface area contributed by atoms with Crippen LogP contribution in [-0.4, -0.2) is 40.5 Å². The molecular weight excluding hydrogens is 314 g/mol. The van der Waals surface area contributed by atoms with E-state index in [2.05, 4.69) is 27.9 Å². The summed E-state index contributed by atoms with van der Waals surface area (Å²) >= 11 is 0. The molecule has 0 spiro atoms. The van der Waals surface area contributed by atoms with Gasteiger partial charge in [-0.2, -0.15) is 0 Å². The number of rotatable bonds is 5. The number of hydrogen-bond acceptors (Lipinski definition) is 4. The van der Waals surface area contributed by atoms with Crippen molar-refractivity contribution in [3.8, 4) is 0 Å². The molecule has 7 heteroatoms. The van der Waals surface area contributed by atoms with E-state index in [9.17, 15) is 4.79 Å². The molecule has 0 aromatic carbocycles. The van der Waals surface area contributed by atoms with E-state index in [0.717, 1.165) is 44.6 Å². The van der Waals surface area contributed by atoms with Gasteiger partial charge in [-0.3, -0.25) is 4.79 Å². The van der Waals surface area contributed by atoms with Gasteiger partial charge in [0, 0.05) is 6.54 Å². The second-order valence-electron chi connectivity index (χ2n) is 6.84. The van der Waals surface area contributed by atoms with Gasteiger partial charge in [0.2, 0.25) is 0 Å². The predicted molar refractivity (Wildman–Crippen MR) is 92.1 cm³/mol. The van der Waals surface area contributed by atoms with Crippen molar-refractivity contribution in [1.29, 1.82) is 0 Å². The Labute approximate surface area is 144 Å². The van der Waals surface area contributed by atoms with Crippen LogP contribution in [-0.2, 0) is 0 Å². The lowest BCUT2D eigenvalue weighted by molar-refractivity contribution is 0.0845. The maximum absolute atomic E-state index is 12.4. The molecule has 2 fully saturated rings. The molecule has 0 radical (unpaired) electrons. The van der Waals surface area contributed by atoms with Crippen LogP contribution in [0.15, 0.2) is 0 Å². The quantitative estimate of drug-likeness (QED) is 0.861. The zero-order chi connectivity index (χ0) is 15.6. The summed E-state index contributed by atoms with van der Waals surface area (Å²) in [5.41, 5.74) is 1.71. The average molecular weight is 342 g/mol. The molecule has 0 atom stereocenters. The van der Waals surface area contributed by atoms with Gasteiger partial charge in [-0.1, -0.05) is 18.6 Å². The van der Waals surface area contributed by atoms with Crippen LogP contribution in [0.3, 0.4) is 0 Å². The third-order valence-corrected chi connectivity index (χ3v) is 5.59. The minimum absolute atomic E-state index is 0. The first-order valence-electron chi connectivity index (χ1n) is 8.56. The van der Waals surface area contributed by atoms with Crippen molar-refractivity contribution in [3.63, 3.8) is 0 Å². The van der Waals surface area contributed by atoms with Gasteiger partial charge >= 0.3 is 0 Å². The summed E-state index contributed by atoms with van der Waals surface area (Å²) in [4.78, 5) is 12.4. The van der Waals surface area contributed by atoms with Gasteiger partial charge in [-0.15, -0.1) is 17.5 Å². The molecule has 2 aliphatic rings. The number of nitrogens with one attached hydrogen (secondary N) is 2. The lowest BCUT2D eigenvalue weighted by Gasteiger charge is -2.41. The number of amides is 1. The third-order valence-electron chi connectivity index (χ3n) is 5.59. The Kier molecular flexibility index (Phi) is 6.03. The molecule has 130 valence electrons. The first kappa shape index (κ1) is 18.2. The topological polar surface area (TPSA) is 71.8 Å². The van der Waals surface area contributed by atoms with Crippen molar-refractivity contribution in [2.75, 3.05) is 19.6 Å².